The number of amides is 1. The van der Waals surface area contributed by atoms with Gasteiger partial charge in [-0.25, -0.2) is 0 Å². The second-order valence-corrected chi connectivity index (χ2v) is 6.16. The summed E-state index contributed by atoms with van der Waals surface area (Å²) in [6.45, 7) is 8.96. The van der Waals surface area contributed by atoms with E-state index in [1.807, 2.05) is 13.8 Å². The Morgan fingerprint density at radius 1 is 1.37 bits per heavy atom. The van der Waals surface area contributed by atoms with Crippen LogP contribution in [-0.2, 0) is 11.3 Å². The maximum atomic E-state index is 12.2. The molecule has 0 aromatic carbocycles. The molecule has 1 aromatic heterocycles. The van der Waals surface area contributed by atoms with Crippen LogP contribution >= 0.6 is 11.3 Å². The highest BCUT2D eigenvalue weighted by molar-refractivity contribution is 7.11. The number of nitrogens with zero attached hydrogens (tertiary/aromatic N) is 2. The molecule has 0 unspecified atom stereocenters. The molecule has 1 heterocycles. The molecule has 19 heavy (non-hydrogen) atoms. The molecule has 0 aliphatic rings. The van der Waals surface area contributed by atoms with Crippen molar-refractivity contribution < 1.29 is 4.79 Å². The second kappa shape index (κ2) is 6.96. The topological polar surface area (TPSA) is 80.9 Å². The van der Waals surface area contributed by atoms with Crippen LogP contribution in [0.15, 0.2) is 0 Å². The number of hydrogen-bond donors (Lipinski definition) is 2. The Balaban J connectivity index is 2.62. The van der Waals surface area contributed by atoms with Crippen molar-refractivity contribution in [1.82, 2.24) is 15.5 Å². The lowest BCUT2D eigenvalue weighted by Crippen LogP contribution is -2.45. The van der Waals surface area contributed by atoms with Gasteiger partial charge in [0.25, 0.3) is 0 Å². The van der Waals surface area contributed by atoms with E-state index in [0.717, 1.165) is 22.9 Å². The van der Waals surface area contributed by atoms with Gasteiger partial charge in [0.2, 0.25) is 5.91 Å². The highest BCUT2D eigenvalue weighted by atomic mass is 32.1. The molecule has 0 aliphatic heterocycles. The van der Waals surface area contributed by atoms with E-state index in [-0.39, 0.29) is 5.91 Å². The number of carbonyl (C=O) groups is 1. The molecule has 6 heteroatoms. The van der Waals surface area contributed by atoms with Crippen LogP contribution in [0.4, 0.5) is 0 Å². The lowest BCUT2D eigenvalue weighted by molar-refractivity contribution is -0.131. The summed E-state index contributed by atoms with van der Waals surface area (Å²) in [5.74, 6) is 0.387. The van der Waals surface area contributed by atoms with Crippen LogP contribution in [0.1, 0.15) is 56.5 Å². The summed E-state index contributed by atoms with van der Waals surface area (Å²) in [5.41, 5.74) is 5.30. The van der Waals surface area contributed by atoms with E-state index < -0.39 is 5.41 Å². The van der Waals surface area contributed by atoms with Gasteiger partial charge in [0, 0.05) is 12.5 Å². The van der Waals surface area contributed by atoms with E-state index in [1.54, 1.807) is 11.3 Å². The van der Waals surface area contributed by atoms with E-state index in [9.17, 15) is 4.79 Å². The Morgan fingerprint density at radius 2 is 2.00 bits per heavy atom. The molecule has 108 valence electrons. The molecular formula is C13H24N4OS. The third-order valence-corrected chi connectivity index (χ3v) is 4.83. The third kappa shape index (κ3) is 3.73. The van der Waals surface area contributed by atoms with Gasteiger partial charge in [-0.1, -0.05) is 39.0 Å². The average Bonchev–Trinajstić information content (AvgIpc) is 2.88. The SMILES string of the molecule is CCC(CC)(CN)C(=O)NCc1nnc(C(C)C)s1. The van der Waals surface area contributed by atoms with Gasteiger partial charge in [0.05, 0.1) is 12.0 Å². The van der Waals surface area contributed by atoms with Crippen LogP contribution in [0.3, 0.4) is 0 Å². The fourth-order valence-electron chi connectivity index (χ4n) is 1.87. The minimum Gasteiger partial charge on any atom is -0.349 e. The zero-order valence-electron chi connectivity index (χ0n) is 12.2. The van der Waals surface area contributed by atoms with Crippen LogP contribution in [0.25, 0.3) is 0 Å². The Labute approximate surface area is 119 Å². The lowest BCUT2D eigenvalue weighted by Gasteiger charge is -2.28. The number of carbonyl (C=O) groups excluding carboxylic acids is 1. The molecule has 5 nitrogen and oxygen atoms in total. The Hall–Kier alpha value is -1.01. The molecule has 0 spiro atoms. The number of hydrogen-bond acceptors (Lipinski definition) is 5. The standard InChI is InChI=1S/C13H24N4OS/c1-5-13(6-2,8-14)12(18)15-7-10-16-17-11(19-10)9(3)4/h9H,5-8,14H2,1-4H3,(H,15,18). The van der Waals surface area contributed by atoms with Gasteiger partial charge in [-0.2, -0.15) is 0 Å². The van der Waals surface area contributed by atoms with Gasteiger partial charge in [0.1, 0.15) is 10.0 Å². The highest BCUT2D eigenvalue weighted by Crippen LogP contribution is 2.25. The number of aromatic nitrogens is 2. The molecule has 0 saturated heterocycles. The van der Waals surface area contributed by atoms with Crippen molar-refractivity contribution in [3.63, 3.8) is 0 Å². The fourth-order valence-corrected chi connectivity index (χ4v) is 2.65. The van der Waals surface area contributed by atoms with Gasteiger partial charge in [-0.3, -0.25) is 4.79 Å². The Bertz CT molecular complexity index is 404. The monoisotopic (exact) mass is 284 g/mol. The number of rotatable bonds is 7. The fraction of sp³-hybridized carbons (Fsp3) is 0.769. The Morgan fingerprint density at radius 3 is 2.42 bits per heavy atom. The normalized spacial score (nSPS) is 11.9. The zero-order chi connectivity index (χ0) is 14.5. The smallest absolute Gasteiger partial charge is 0.227 e. The van der Waals surface area contributed by atoms with Crippen molar-refractivity contribution in [1.29, 1.82) is 0 Å². The minimum absolute atomic E-state index is 0.0151. The van der Waals surface area contributed by atoms with Gasteiger partial charge in [0.15, 0.2) is 0 Å². The molecule has 1 rings (SSSR count). The van der Waals surface area contributed by atoms with Crippen LogP contribution in [0, 0.1) is 5.41 Å². The Kier molecular flexibility index (Phi) is 5.87. The lowest BCUT2D eigenvalue weighted by atomic mass is 9.81. The van der Waals surface area contributed by atoms with Crippen LogP contribution in [0.2, 0.25) is 0 Å². The molecule has 1 aromatic rings. The molecule has 0 radical (unpaired) electrons. The molecule has 0 fully saturated rings. The molecule has 0 aliphatic carbocycles. The first-order chi connectivity index (χ1) is 8.99. The molecule has 0 bridgehead atoms. The predicted molar refractivity (Wildman–Crippen MR) is 77.9 cm³/mol. The van der Waals surface area contributed by atoms with Crippen molar-refractivity contribution in [3.05, 3.63) is 10.0 Å². The summed E-state index contributed by atoms with van der Waals surface area (Å²) in [5, 5.41) is 13.0. The molecule has 1 amide bonds. The quantitative estimate of drug-likeness (QED) is 0.803. The van der Waals surface area contributed by atoms with Gasteiger partial charge >= 0.3 is 0 Å². The van der Waals surface area contributed by atoms with Crippen molar-refractivity contribution in [2.75, 3.05) is 6.54 Å². The molecule has 0 saturated carbocycles. The van der Waals surface area contributed by atoms with Crippen molar-refractivity contribution in [2.45, 2.75) is 53.0 Å². The van der Waals surface area contributed by atoms with E-state index in [4.69, 9.17) is 5.73 Å². The second-order valence-electron chi connectivity index (χ2n) is 5.06. The molecule has 0 atom stereocenters. The third-order valence-electron chi connectivity index (χ3n) is 3.60. The van der Waals surface area contributed by atoms with Crippen LogP contribution < -0.4 is 11.1 Å². The average molecular weight is 284 g/mol. The molecular weight excluding hydrogens is 260 g/mol. The van der Waals surface area contributed by atoms with E-state index in [1.165, 1.54) is 0 Å². The zero-order valence-corrected chi connectivity index (χ0v) is 13.0. The summed E-state index contributed by atoms with van der Waals surface area (Å²) < 4.78 is 0. The minimum atomic E-state index is -0.453. The largest absolute Gasteiger partial charge is 0.349 e. The summed E-state index contributed by atoms with van der Waals surface area (Å²) >= 11 is 1.55. The van der Waals surface area contributed by atoms with Crippen molar-refractivity contribution in [3.8, 4) is 0 Å². The number of nitrogens with two attached hydrogens (primary N) is 1. The van der Waals surface area contributed by atoms with Gasteiger partial charge in [-0.15, -0.1) is 10.2 Å². The first-order valence-electron chi connectivity index (χ1n) is 6.79. The summed E-state index contributed by atoms with van der Waals surface area (Å²) in [4.78, 5) is 12.2. The summed E-state index contributed by atoms with van der Waals surface area (Å²) in [6, 6.07) is 0. The number of nitrogens with one attached hydrogen (secondary N) is 1. The molecule has 3 N–H and O–H groups in total. The van der Waals surface area contributed by atoms with Crippen molar-refractivity contribution >= 4 is 17.2 Å². The van der Waals surface area contributed by atoms with E-state index in [2.05, 4.69) is 29.4 Å². The first kappa shape index (κ1) is 16.0. The maximum absolute atomic E-state index is 12.2. The first-order valence-corrected chi connectivity index (χ1v) is 7.61. The van der Waals surface area contributed by atoms with Crippen LogP contribution in [0.5, 0.6) is 0 Å². The van der Waals surface area contributed by atoms with E-state index >= 15 is 0 Å². The predicted octanol–water partition coefficient (Wildman–Crippen LogP) is 2.04. The summed E-state index contributed by atoms with van der Waals surface area (Å²) in [6.07, 6.45) is 1.50. The van der Waals surface area contributed by atoms with E-state index in [0.29, 0.717) is 19.0 Å². The van der Waals surface area contributed by atoms with Crippen molar-refractivity contribution in [2.24, 2.45) is 11.1 Å². The summed E-state index contributed by atoms with van der Waals surface area (Å²) in [7, 11) is 0. The van der Waals surface area contributed by atoms with Gasteiger partial charge in [-0.05, 0) is 12.8 Å². The van der Waals surface area contributed by atoms with Gasteiger partial charge < -0.3 is 11.1 Å². The van der Waals surface area contributed by atoms with Crippen LogP contribution in [-0.4, -0.2) is 22.6 Å². The maximum Gasteiger partial charge on any atom is 0.227 e. The highest BCUT2D eigenvalue weighted by Gasteiger charge is 2.33.